The number of alkyl halides is 2. The first-order chi connectivity index (χ1) is 7.03. The molecular weight excluding hydrogens is 200 g/mol. The van der Waals surface area contributed by atoms with Crippen molar-refractivity contribution in [2.24, 2.45) is 0 Å². The maximum Gasteiger partial charge on any atom is 0.273 e. The molecule has 1 aliphatic rings. The molecule has 15 heavy (non-hydrogen) atoms. The minimum Gasteiger partial charge on any atom is -0.326 e. The van der Waals surface area contributed by atoms with Gasteiger partial charge in [-0.2, -0.15) is 0 Å². The fourth-order valence-corrected chi connectivity index (χ4v) is 1.66. The molecule has 0 aliphatic carbocycles. The highest BCUT2D eigenvalue weighted by molar-refractivity contribution is 5.99. The van der Waals surface area contributed by atoms with Crippen molar-refractivity contribution in [3.05, 3.63) is 29.3 Å². The van der Waals surface area contributed by atoms with Crippen LogP contribution in [0.15, 0.2) is 18.2 Å². The molecule has 1 amide bonds. The van der Waals surface area contributed by atoms with Crippen molar-refractivity contribution in [2.75, 3.05) is 5.32 Å². The van der Waals surface area contributed by atoms with E-state index in [-0.39, 0.29) is 24.3 Å². The number of hydrogen-bond acceptors (Lipinski definition) is 1. The van der Waals surface area contributed by atoms with Crippen LogP contribution in [0.1, 0.15) is 24.5 Å². The van der Waals surface area contributed by atoms with Crippen LogP contribution < -0.4 is 5.32 Å². The zero-order chi connectivity index (χ0) is 11.1. The Morgan fingerprint density at radius 1 is 1.47 bits per heavy atom. The quantitative estimate of drug-likeness (QED) is 0.800. The highest BCUT2D eigenvalue weighted by Crippen LogP contribution is 2.34. The second kappa shape index (κ2) is 3.29. The summed E-state index contributed by atoms with van der Waals surface area (Å²) >= 11 is 0. The highest BCUT2D eigenvalue weighted by atomic mass is 19.3. The Kier molecular flexibility index (Phi) is 2.21. The van der Waals surface area contributed by atoms with E-state index in [0.717, 1.165) is 0 Å². The SMILES string of the molecule is CCC(F)(F)c1ccc2c(c1)CC(=O)N2. The first kappa shape index (κ1) is 10.1. The second-order valence-electron chi connectivity index (χ2n) is 3.65. The number of benzene rings is 1. The molecule has 0 fully saturated rings. The molecule has 0 atom stereocenters. The molecule has 2 nitrogen and oxygen atoms in total. The van der Waals surface area contributed by atoms with E-state index in [1.807, 2.05) is 0 Å². The fraction of sp³-hybridized carbons (Fsp3) is 0.364. The molecule has 0 spiro atoms. The van der Waals surface area contributed by atoms with E-state index >= 15 is 0 Å². The molecule has 0 saturated heterocycles. The molecule has 80 valence electrons. The third-order valence-corrected chi connectivity index (χ3v) is 2.60. The van der Waals surface area contributed by atoms with Gasteiger partial charge >= 0.3 is 0 Å². The van der Waals surface area contributed by atoms with Gasteiger partial charge in [-0.1, -0.05) is 13.0 Å². The largest absolute Gasteiger partial charge is 0.326 e. The van der Waals surface area contributed by atoms with Gasteiger partial charge in [0.2, 0.25) is 5.91 Å². The van der Waals surface area contributed by atoms with Crippen molar-refractivity contribution in [1.29, 1.82) is 0 Å². The topological polar surface area (TPSA) is 29.1 Å². The molecule has 0 saturated carbocycles. The lowest BCUT2D eigenvalue weighted by Gasteiger charge is -2.15. The van der Waals surface area contributed by atoms with Crippen molar-refractivity contribution in [1.82, 2.24) is 0 Å². The molecule has 2 rings (SSSR count). The second-order valence-corrected chi connectivity index (χ2v) is 3.65. The Morgan fingerprint density at radius 3 is 2.87 bits per heavy atom. The van der Waals surface area contributed by atoms with Crippen molar-refractivity contribution in [3.63, 3.8) is 0 Å². The predicted molar refractivity (Wildman–Crippen MR) is 53.0 cm³/mol. The van der Waals surface area contributed by atoms with Crippen molar-refractivity contribution in [3.8, 4) is 0 Å². The van der Waals surface area contributed by atoms with Gasteiger partial charge in [0.25, 0.3) is 5.92 Å². The lowest BCUT2D eigenvalue weighted by molar-refractivity contribution is -0.115. The van der Waals surface area contributed by atoms with E-state index in [4.69, 9.17) is 0 Å². The summed E-state index contributed by atoms with van der Waals surface area (Å²) in [5, 5.41) is 2.61. The van der Waals surface area contributed by atoms with Gasteiger partial charge in [0.1, 0.15) is 0 Å². The molecule has 0 radical (unpaired) electrons. The van der Waals surface area contributed by atoms with Crippen LogP contribution in [0.5, 0.6) is 0 Å². The van der Waals surface area contributed by atoms with Gasteiger partial charge < -0.3 is 5.32 Å². The molecular formula is C11H11F2NO. The Balaban J connectivity index is 2.39. The van der Waals surface area contributed by atoms with Gasteiger partial charge in [-0.15, -0.1) is 0 Å². The third kappa shape index (κ3) is 1.71. The van der Waals surface area contributed by atoms with Gasteiger partial charge in [-0.25, -0.2) is 8.78 Å². The number of hydrogen-bond donors (Lipinski definition) is 1. The first-order valence-corrected chi connectivity index (χ1v) is 4.84. The van der Waals surface area contributed by atoms with Crippen LogP contribution in [0.25, 0.3) is 0 Å². The number of nitrogens with one attached hydrogen (secondary N) is 1. The fourth-order valence-electron chi connectivity index (χ4n) is 1.66. The third-order valence-electron chi connectivity index (χ3n) is 2.60. The van der Waals surface area contributed by atoms with E-state index in [1.165, 1.54) is 19.1 Å². The lowest BCUT2D eigenvalue weighted by atomic mass is 10.0. The zero-order valence-electron chi connectivity index (χ0n) is 8.31. The van der Waals surface area contributed by atoms with Gasteiger partial charge in [-0.05, 0) is 17.7 Å². The van der Waals surface area contributed by atoms with Crippen LogP contribution >= 0.6 is 0 Å². The molecule has 1 aromatic carbocycles. The maximum absolute atomic E-state index is 13.3. The molecule has 1 aliphatic heterocycles. The first-order valence-electron chi connectivity index (χ1n) is 4.84. The summed E-state index contributed by atoms with van der Waals surface area (Å²) in [5.74, 6) is -2.94. The number of amides is 1. The summed E-state index contributed by atoms with van der Waals surface area (Å²) in [7, 11) is 0. The number of carbonyl (C=O) groups excluding carboxylic acids is 1. The highest BCUT2D eigenvalue weighted by Gasteiger charge is 2.30. The molecule has 0 bridgehead atoms. The van der Waals surface area contributed by atoms with E-state index in [1.54, 1.807) is 6.07 Å². The van der Waals surface area contributed by atoms with Gasteiger partial charge in [0.05, 0.1) is 6.42 Å². The summed E-state index contributed by atoms with van der Waals surface area (Å²) in [6, 6.07) is 4.32. The molecule has 1 heterocycles. The average molecular weight is 211 g/mol. The number of halogens is 2. The van der Waals surface area contributed by atoms with Gasteiger partial charge in [0, 0.05) is 17.7 Å². The van der Waals surface area contributed by atoms with Crippen LogP contribution in [0.2, 0.25) is 0 Å². The lowest BCUT2D eigenvalue weighted by Crippen LogP contribution is -2.11. The normalized spacial score (nSPS) is 15.0. The molecule has 1 aromatic rings. The van der Waals surface area contributed by atoms with E-state index in [2.05, 4.69) is 5.32 Å². The number of carbonyl (C=O) groups is 1. The number of rotatable bonds is 2. The Hall–Kier alpha value is -1.45. The van der Waals surface area contributed by atoms with Crippen LogP contribution in [-0.2, 0) is 17.1 Å². The Labute approximate surface area is 86.3 Å². The minimum absolute atomic E-state index is 0.0137. The van der Waals surface area contributed by atoms with Crippen molar-refractivity contribution in [2.45, 2.75) is 25.7 Å². The van der Waals surface area contributed by atoms with Gasteiger partial charge in [-0.3, -0.25) is 4.79 Å². The van der Waals surface area contributed by atoms with Crippen LogP contribution in [0, 0.1) is 0 Å². The Morgan fingerprint density at radius 2 is 2.20 bits per heavy atom. The number of fused-ring (bicyclic) bond motifs is 1. The van der Waals surface area contributed by atoms with Crippen molar-refractivity contribution < 1.29 is 13.6 Å². The summed E-state index contributed by atoms with van der Waals surface area (Å²) in [4.78, 5) is 11.0. The summed E-state index contributed by atoms with van der Waals surface area (Å²) < 4.78 is 26.7. The van der Waals surface area contributed by atoms with Gasteiger partial charge in [0.15, 0.2) is 0 Å². The Bertz CT molecular complexity index is 415. The zero-order valence-corrected chi connectivity index (χ0v) is 8.31. The van der Waals surface area contributed by atoms with E-state index < -0.39 is 5.92 Å². The molecule has 1 N–H and O–H groups in total. The van der Waals surface area contributed by atoms with Crippen LogP contribution in [-0.4, -0.2) is 5.91 Å². The predicted octanol–water partition coefficient (Wildman–Crippen LogP) is 2.68. The number of anilines is 1. The van der Waals surface area contributed by atoms with Crippen LogP contribution in [0.3, 0.4) is 0 Å². The van der Waals surface area contributed by atoms with Crippen LogP contribution in [0.4, 0.5) is 14.5 Å². The molecule has 0 unspecified atom stereocenters. The average Bonchev–Trinajstić information content (AvgIpc) is 2.56. The van der Waals surface area contributed by atoms with Crippen molar-refractivity contribution >= 4 is 11.6 Å². The summed E-state index contributed by atoms with van der Waals surface area (Å²) in [5.41, 5.74) is 1.29. The minimum atomic E-state index is -2.80. The molecule has 4 heteroatoms. The van der Waals surface area contributed by atoms with E-state index in [0.29, 0.717) is 11.3 Å². The standard InChI is InChI=1S/C11H11F2NO/c1-2-11(12,13)8-3-4-9-7(5-8)6-10(15)14-9/h3-5H,2,6H2,1H3,(H,14,15). The summed E-state index contributed by atoms with van der Waals surface area (Å²) in [6.07, 6.45) is -0.0316. The smallest absolute Gasteiger partial charge is 0.273 e. The monoisotopic (exact) mass is 211 g/mol. The van der Waals surface area contributed by atoms with E-state index in [9.17, 15) is 13.6 Å². The maximum atomic E-state index is 13.3. The molecule has 0 aromatic heterocycles. The summed E-state index contributed by atoms with van der Waals surface area (Å²) in [6.45, 7) is 1.44.